The number of anilines is 1. The van der Waals surface area contributed by atoms with Crippen LogP contribution in [0.2, 0.25) is 0 Å². The Hall–Kier alpha value is -1.21. The van der Waals surface area contributed by atoms with Crippen LogP contribution >= 0.6 is 0 Å². The molecule has 0 radical (unpaired) electrons. The van der Waals surface area contributed by atoms with Crippen LogP contribution in [0.25, 0.3) is 0 Å². The van der Waals surface area contributed by atoms with Gasteiger partial charge in [0.15, 0.2) is 5.82 Å². The van der Waals surface area contributed by atoms with Crippen LogP contribution in [0.15, 0.2) is 12.1 Å². The van der Waals surface area contributed by atoms with Crippen LogP contribution in [-0.4, -0.2) is 55.4 Å². The van der Waals surface area contributed by atoms with E-state index in [0.717, 1.165) is 30.9 Å². The van der Waals surface area contributed by atoms with E-state index >= 15 is 0 Å². The minimum absolute atomic E-state index is 0.00663. The molecule has 6 nitrogen and oxygen atoms in total. The van der Waals surface area contributed by atoms with Gasteiger partial charge in [-0.05, 0) is 25.0 Å². The van der Waals surface area contributed by atoms with Crippen LogP contribution in [0.4, 0.5) is 5.82 Å². The SMILES string of the molecule is CN(C1CCCN(c2ccc(C(C)(C)C)nn2)C1)S(C)(=O)=O. The lowest BCUT2D eigenvalue weighted by atomic mass is 9.92. The molecule has 1 unspecified atom stereocenters. The Bertz CT molecular complexity index is 607. The van der Waals surface area contributed by atoms with Crippen molar-refractivity contribution in [2.24, 2.45) is 0 Å². The molecule has 0 bridgehead atoms. The van der Waals surface area contributed by atoms with E-state index in [-0.39, 0.29) is 11.5 Å². The molecule has 7 heteroatoms. The number of hydrogen-bond donors (Lipinski definition) is 0. The number of nitrogens with zero attached hydrogens (tertiary/aromatic N) is 4. The van der Waals surface area contributed by atoms with E-state index in [2.05, 4.69) is 35.9 Å². The summed E-state index contributed by atoms with van der Waals surface area (Å²) in [6, 6.07) is 3.98. The van der Waals surface area contributed by atoms with Gasteiger partial charge in [-0.1, -0.05) is 20.8 Å². The average molecular weight is 326 g/mol. The number of sulfonamides is 1. The summed E-state index contributed by atoms with van der Waals surface area (Å²) < 4.78 is 24.9. The zero-order chi connectivity index (χ0) is 16.5. The molecular formula is C15H26N4O2S. The maximum atomic E-state index is 11.7. The molecule has 1 fully saturated rings. The Morgan fingerprint density at radius 2 is 1.95 bits per heavy atom. The van der Waals surface area contributed by atoms with Gasteiger partial charge in [-0.2, -0.15) is 5.10 Å². The van der Waals surface area contributed by atoms with E-state index in [0.29, 0.717) is 6.54 Å². The zero-order valence-electron chi connectivity index (χ0n) is 14.1. The summed E-state index contributed by atoms with van der Waals surface area (Å²) in [5, 5.41) is 8.65. The van der Waals surface area contributed by atoms with Crippen molar-refractivity contribution in [3.8, 4) is 0 Å². The Morgan fingerprint density at radius 1 is 1.27 bits per heavy atom. The lowest BCUT2D eigenvalue weighted by molar-refractivity contribution is 0.321. The molecule has 0 saturated carbocycles. The first-order valence-corrected chi connectivity index (χ1v) is 9.46. The molecule has 1 aliphatic heterocycles. The highest BCUT2D eigenvalue weighted by Crippen LogP contribution is 2.24. The van der Waals surface area contributed by atoms with Gasteiger partial charge < -0.3 is 4.90 Å². The monoisotopic (exact) mass is 326 g/mol. The average Bonchev–Trinajstić information content (AvgIpc) is 2.45. The third-order valence-electron chi connectivity index (χ3n) is 4.18. The van der Waals surface area contributed by atoms with Gasteiger partial charge in [0, 0.05) is 31.6 Å². The molecule has 1 atom stereocenters. The molecule has 0 aromatic carbocycles. The number of hydrogen-bond acceptors (Lipinski definition) is 5. The molecule has 0 amide bonds. The van der Waals surface area contributed by atoms with E-state index < -0.39 is 10.0 Å². The quantitative estimate of drug-likeness (QED) is 0.845. The molecule has 0 spiro atoms. The maximum Gasteiger partial charge on any atom is 0.211 e. The first kappa shape index (κ1) is 17.1. The van der Waals surface area contributed by atoms with Crippen molar-refractivity contribution >= 4 is 15.8 Å². The van der Waals surface area contributed by atoms with Crippen molar-refractivity contribution in [1.82, 2.24) is 14.5 Å². The summed E-state index contributed by atoms with van der Waals surface area (Å²) in [5.41, 5.74) is 0.935. The third-order valence-corrected chi connectivity index (χ3v) is 5.52. The van der Waals surface area contributed by atoms with E-state index in [1.54, 1.807) is 7.05 Å². The highest BCUT2D eigenvalue weighted by atomic mass is 32.2. The van der Waals surface area contributed by atoms with Crippen molar-refractivity contribution in [3.05, 3.63) is 17.8 Å². The second kappa shape index (κ2) is 6.12. The molecule has 0 N–H and O–H groups in total. The fourth-order valence-electron chi connectivity index (χ4n) is 2.62. The summed E-state index contributed by atoms with van der Waals surface area (Å²) in [4.78, 5) is 2.12. The maximum absolute atomic E-state index is 11.7. The summed E-state index contributed by atoms with van der Waals surface area (Å²) in [5.74, 6) is 0.819. The molecule has 124 valence electrons. The number of aromatic nitrogens is 2. The van der Waals surface area contributed by atoms with Crippen LogP contribution < -0.4 is 4.90 Å². The summed E-state index contributed by atoms with van der Waals surface area (Å²) in [6.45, 7) is 7.86. The Balaban J connectivity index is 2.13. The lowest BCUT2D eigenvalue weighted by Crippen LogP contribution is -2.48. The number of piperidine rings is 1. The third kappa shape index (κ3) is 3.95. The minimum Gasteiger partial charge on any atom is -0.354 e. The molecule has 1 saturated heterocycles. The fourth-order valence-corrected chi connectivity index (χ4v) is 3.34. The van der Waals surface area contributed by atoms with Gasteiger partial charge in [0.05, 0.1) is 11.9 Å². The standard InChI is InChI=1S/C15H26N4O2S/c1-15(2,3)13-8-9-14(17-16-13)19-10-6-7-12(11-19)18(4)22(5,20)21/h8-9,12H,6-7,10-11H2,1-5H3. The second-order valence-electron chi connectivity index (χ2n) is 7.05. The summed E-state index contributed by atoms with van der Waals surface area (Å²) in [7, 11) is -1.51. The van der Waals surface area contributed by atoms with Crippen molar-refractivity contribution < 1.29 is 8.42 Å². The molecule has 2 rings (SSSR count). The highest BCUT2D eigenvalue weighted by Gasteiger charge is 2.28. The van der Waals surface area contributed by atoms with Crippen LogP contribution in [0.1, 0.15) is 39.3 Å². The Kier molecular flexibility index (Phi) is 4.77. The number of rotatable bonds is 3. The van der Waals surface area contributed by atoms with Crippen molar-refractivity contribution in [1.29, 1.82) is 0 Å². The summed E-state index contributed by atoms with van der Waals surface area (Å²) >= 11 is 0. The van der Waals surface area contributed by atoms with Crippen molar-refractivity contribution in [3.63, 3.8) is 0 Å². The van der Waals surface area contributed by atoms with Gasteiger partial charge in [-0.25, -0.2) is 12.7 Å². The molecule has 1 aromatic heterocycles. The molecule has 1 aliphatic rings. The Morgan fingerprint density at radius 3 is 2.45 bits per heavy atom. The van der Waals surface area contributed by atoms with E-state index in [1.807, 2.05) is 12.1 Å². The van der Waals surface area contributed by atoms with Gasteiger partial charge in [-0.15, -0.1) is 5.10 Å². The molecular weight excluding hydrogens is 300 g/mol. The predicted octanol–water partition coefficient (Wildman–Crippen LogP) is 1.63. The predicted molar refractivity (Wildman–Crippen MR) is 88.6 cm³/mol. The van der Waals surface area contributed by atoms with Gasteiger partial charge >= 0.3 is 0 Å². The number of likely N-dealkylation sites (N-methyl/N-ethyl adjacent to an activating group) is 1. The van der Waals surface area contributed by atoms with Gasteiger partial charge in [0.1, 0.15) is 0 Å². The van der Waals surface area contributed by atoms with Crippen LogP contribution in [0.5, 0.6) is 0 Å². The molecule has 1 aromatic rings. The normalized spacial score (nSPS) is 20.5. The smallest absolute Gasteiger partial charge is 0.211 e. The summed E-state index contributed by atoms with van der Waals surface area (Å²) in [6.07, 6.45) is 3.09. The van der Waals surface area contributed by atoms with Crippen LogP contribution in [0, 0.1) is 0 Å². The lowest BCUT2D eigenvalue weighted by Gasteiger charge is -2.37. The fraction of sp³-hybridized carbons (Fsp3) is 0.733. The Labute approximate surface area is 133 Å². The second-order valence-corrected chi connectivity index (χ2v) is 9.09. The first-order chi connectivity index (χ1) is 10.1. The molecule has 2 heterocycles. The molecule has 0 aliphatic carbocycles. The highest BCUT2D eigenvalue weighted by molar-refractivity contribution is 7.88. The van der Waals surface area contributed by atoms with E-state index in [4.69, 9.17) is 0 Å². The van der Waals surface area contributed by atoms with E-state index in [1.165, 1.54) is 10.6 Å². The van der Waals surface area contributed by atoms with E-state index in [9.17, 15) is 8.42 Å². The van der Waals surface area contributed by atoms with Gasteiger partial charge in [0.2, 0.25) is 10.0 Å². The van der Waals surface area contributed by atoms with Gasteiger partial charge in [0.25, 0.3) is 0 Å². The minimum atomic E-state index is -3.16. The molecule has 22 heavy (non-hydrogen) atoms. The van der Waals surface area contributed by atoms with Crippen molar-refractivity contribution in [2.45, 2.75) is 45.1 Å². The topological polar surface area (TPSA) is 66.4 Å². The van der Waals surface area contributed by atoms with Crippen LogP contribution in [0.3, 0.4) is 0 Å². The van der Waals surface area contributed by atoms with Crippen LogP contribution in [-0.2, 0) is 15.4 Å². The first-order valence-electron chi connectivity index (χ1n) is 7.61. The zero-order valence-corrected chi connectivity index (χ0v) is 14.9. The van der Waals surface area contributed by atoms with Gasteiger partial charge in [-0.3, -0.25) is 0 Å². The largest absolute Gasteiger partial charge is 0.354 e. The van der Waals surface area contributed by atoms with Crippen molar-refractivity contribution in [2.75, 3.05) is 31.3 Å².